The second kappa shape index (κ2) is 7.60. The van der Waals surface area contributed by atoms with Gasteiger partial charge in [-0.05, 0) is 30.7 Å². The Morgan fingerprint density at radius 2 is 1.96 bits per heavy atom. The molecule has 0 fully saturated rings. The number of carbonyl (C=O) groups excluding carboxylic acids is 2. The first-order chi connectivity index (χ1) is 11.4. The van der Waals surface area contributed by atoms with E-state index in [4.69, 9.17) is 20.8 Å². The van der Waals surface area contributed by atoms with E-state index in [1.165, 1.54) is 6.92 Å². The number of carbonyl (C=O) groups is 2. The van der Waals surface area contributed by atoms with Crippen LogP contribution in [0.4, 0.5) is 5.88 Å². The van der Waals surface area contributed by atoms with Crippen LogP contribution in [0, 0.1) is 10.1 Å². The Morgan fingerprint density at radius 1 is 1.29 bits per heavy atom. The molecule has 0 bridgehead atoms. The molecule has 9 heteroatoms. The molecule has 0 saturated carbocycles. The van der Waals surface area contributed by atoms with Gasteiger partial charge in [0, 0.05) is 11.6 Å². The highest BCUT2D eigenvalue weighted by molar-refractivity contribution is 6.30. The van der Waals surface area contributed by atoms with Gasteiger partial charge in [0.15, 0.2) is 6.10 Å². The van der Waals surface area contributed by atoms with Gasteiger partial charge in [0.25, 0.3) is 5.91 Å². The zero-order valence-electron chi connectivity index (χ0n) is 12.5. The van der Waals surface area contributed by atoms with Gasteiger partial charge < -0.3 is 14.5 Å². The standard InChI is InChI=1S/C15H13ClN2O6/c1-9(14(19)17-8-10-2-4-11(16)5-3-10)23-15(20)12-6-7-13(24-12)18(21)22/h2-7,9H,8H2,1H3,(H,17,19). The van der Waals surface area contributed by atoms with Gasteiger partial charge in [-0.15, -0.1) is 0 Å². The number of rotatable bonds is 6. The highest BCUT2D eigenvalue weighted by Crippen LogP contribution is 2.17. The third kappa shape index (κ3) is 4.56. The van der Waals surface area contributed by atoms with Crippen LogP contribution in [0.1, 0.15) is 23.0 Å². The van der Waals surface area contributed by atoms with Gasteiger partial charge in [-0.1, -0.05) is 23.7 Å². The average Bonchev–Trinajstić information content (AvgIpc) is 3.04. The molecule has 8 nitrogen and oxygen atoms in total. The lowest BCUT2D eigenvalue weighted by Gasteiger charge is -2.12. The SMILES string of the molecule is CC(OC(=O)c1ccc([N+](=O)[O-])o1)C(=O)NCc1ccc(Cl)cc1. The molecule has 0 aliphatic heterocycles. The van der Waals surface area contributed by atoms with Crippen molar-refractivity contribution in [2.45, 2.75) is 19.6 Å². The molecule has 1 aromatic heterocycles. The quantitative estimate of drug-likeness (QED) is 0.486. The summed E-state index contributed by atoms with van der Waals surface area (Å²) in [4.78, 5) is 33.4. The van der Waals surface area contributed by atoms with Gasteiger partial charge in [-0.2, -0.15) is 0 Å². The highest BCUT2D eigenvalue weighted by atomic mass is 35.5. The molecule has 1 N–H and O–H groups in total. The van der Waals surface area contributed by atoms with E-state index in [-0.39, 0.29) is 12.3 Å². The lowest BCUT2D eigenvalue weighted by molar-refractivity contribution is -0.402. The molecule has 0 spiro atoms. The maximum Gasteiger partial charge on any atom is 0.433 e. The maximum atomic E-state index is 11.9. The second-order valence-corrected chi connectivity index (χ2v) is 5.22. The molecule has 1 aromatic carbocycles. The molecular formula is C15H13ClN2O6. The van der Waals surface area contributed by atoms with Crippen LogP contribution in [0.2, 0.25) is 5.02 Å². The molecule has 0 saturated heterocycles. The Kier molecular flexibility index (Phi) is 5.54. The monoisotopic (exact) mass is 352 g/mol. The zero-order chi connectivity index (χ0) is 17.7. The van der Waals surface area contributed by atoms with Crippen molar-refractivity contribution >= 4 is 29.4 Å². The molecule has 2 rings (SSSR count). The first-order valence-electron chi connectivity index (χ1n) is 6.84. The van der Waals surface area contributed by atoms with Crippen molar-refractivity contribution in [2.24, 2.45) is 0 Å². The van der Waals surface area contributed by atoms with E-state index >= 15 is 0 Å². The van der Waals surface area contributed by atoms with Crippen molar-refractivity contribution in [2.75, 3.05) is 0 Å². The summed E-state index contributed by atoms with van der Waals surface area (Å²) in [6.07, 6.45) is -1.09. The number of nitrogens with zero attached hydrogens (tertiary/aromatic N) is 1. The van der Waals surface area contributed by atoms with Gasteiger partial charge >= 0.3 is 11.9 Å². The van der Waals surface area contributed by atoms with Crippen LogP contribution in [0.25, 0.3) is 0 Å². The van der Waals surface area contributed by atoms with Gasteiger partial charge in [-0.25, -0.2) is 4.79 Å². The molecule has 0 aliphatic rings. The van der Waals surface area contributed by atoms with Gasteiger partial charge in [0.2, 0.25) is 5.76 Å². The number of halogens is 1. The van der Waals surface area contributed by atoms with Crippen molar-refractivity contribution in [3.63, 3.8) is 0 Å². The third-order valence-corrected chi connectivity index (χ3v) is 3.26. The van der Waals surface area contributed by atoms with Gasteiger partial charge in [-0.3, -0.25) is 14.9 Å². The first-order valence-corrected chi connectivity index (χ1v) is 7.22. The van der Waals surface area contributed by atoms with Crippen LogP contribution in [0.3, 0.4) is 0 Å². The van der Waals surface area contributed by atoms with E-state index in [2.05, 4.69) is 5.32 Å². The number of nitro groups is 1. The van der Waals surface area contributed by atoms with Crippen molar-refractivity contribution in [3.8, 4) is 0 Å². The summed E-state index contributed by atoms with van der Waals surface area (Å²) >= 11 is 5.77. The Labute approximate surface area is 141 Å². The summed E-state index contributed by atoms with van der Waals surface area (Å²) < 4.78 is 9.62. The molecular weight excluding hydrogens is 340 g/mol. The van der Waals surface area contributed by atoms with E-state index in [1.54, 1.807) is 24.3 Å². The summed E-state index contributed by atoms with van der Waals surface area (Å²) in [6, 6.07) is 9.02. The minimum Gasteiger partial charge on any atom is -0.447 e. The fraction of sp³-hybridized carbons (Fsp3) is 0.200. The first kappa shape index (κ1) is 17.5. The van der Waals surface area contributed by atoms with Crippen LogP contribution in [0.5, 0.6) is 0 Å². The van der Waals surface area contributed by atoms with E-state index in [9.17, 15) is 19.7 Å². The van der Waals surface area contributed by atoms with Crippen molar-refractivity contribution in [1.29, 1.82) is 0 Å². The molecule has 126 valence electrons. The maximum absolute atomic E-state index is 11.9. The number of amides is 1. The molecule has 24 heavy (non-hydrogen) atoms. The Balaban J connectivity index is 1.87. The molecule has 2 aromatic rings. The number of furan rings is 1. The lowest BCUT2D eigenvalue weighted by Crippen LogP contribution is -2.35. The van der Waals surface area contributed by atoms with Crippen molar-refractivity contribution in [3.05, 3.63) is 62.9 Å². The number of benzene rings is 1. The predicted molar refractivity (Wildman–Crippen MR) is 83.5 cm³/mol. The van der Waals surface area contributed by atoms with E-state index < -0.39 is 28.8 Å². The molecule has 1 heterocycles. The van der Waals surface area contributed by atoms with Crippen molar-refractivity contribution < 1.29 is 23.7 Å². The summed E-state index contributed by atoms with van der Waals surface area (Å²) in [5.41, 5.74) is 0.827. The minimum atomic E-state index is -1.09. The predicted octanol–water partition coefficient (Wildman–Crippen LogP) is 2.70. The molecule has 1 amide bonds. The average molecular weight is 353 g/mol. The van der Waals surface area contributed by atoms with E-state index in [1.807, 2.05) is 0 Å². The van der Waals surface area contributed by atoms with Crippen LogP contribution >= 0.6 is 11.6 Å². The fourth-order valence-corrected chi connectivity index (χ4v) is 1.87. The molecule has 1 unspecified atom stereocenters. The van der Waals surface area contributed by atoms with Crippen LogP contribution in [-0.2, 0) is 16.1 Å². The van der Waals surface area contributed by atoms with Crippen molar-refractivity contribution in [1.82, 2.24) is 5.32 Å². The Hall–Kier alpha value is -2.87. The van der Waals surface area contributed by atoms with Gasteiger partial charge in [0.05, 0.1) is 6.07 Å². The van der Waals surface area contributed by atoms with E-state index in [0.29, 0.717) is 5.02 Å². The Morgan fingerprint density at radius 3 is 2.54 bits per heavy atom. The number of ether oxygens (including phenoxy) is 1. The zero-order valence-corrected chi connectivity index (χ0v) is 13.3. The van der Waals surface area contributed by atoms with Crippen LogP contribution in [-0.4, -0.2) is 22.9 Å². The van der Waals surface area contributed by atoms with E-state index in [0.717, 1.165) is 17.7 Å². The Bertz CT molecular complexity index is 756. The summed E-state index contributed by atoms with van der Waals surface area (Å²) in [6.45, 7) is 1.62. The van der Waals surface area contributed by atoms with Crippen LogP contribution in [0.15, 0.2) is 40.8 Å². The highest BCUT2D eigenvalue weighted by Gasteiger charge is 2.23. The number of hydrogen-bond acceptors (Lipinski definition) is 6. The summed E-state index contributed by atoms with van der Waals surface area (Å²) in [5.74, 6) is -2.41. The second-order valence-electron chi connectivity index (χ2n) is 4.79. The molecule has 1 atom stereocenters. The normalized spacial score (nSPS) is 11.6. The largest absolute Gasteiger partial charge is 0.447 e. The lowest BCUT2D eigenvalue weighted by atomic mass is 10.2. The van der Waals surface area contributed by atoms with Gasteiger partial charge in [0.1, 0.15) is 4.92 Å². The van der Waals surface area contributed by atoms with Crippen LogP contribution < -0.4 is 5.32 Å². The third-order valence-electron chi connectivity index (χ3n) is 3.01. The molecule has 0 aliphatic carbocycles. The number of hydrogen-bond donors (Lipinski definition) is 1. The smallest absolute Gasteiger partial charge is 0.433 e. The number of esters is 1. The topological polar surface area (TPSA) is 112 Å². The molecule has 0 radical (unpaired) electrons. The summed E-state index contributed by atoms with van der Waals surface area (Å²) in [5, 5.41) is 13.7. The minimum absolute atomic E-state index is 0.240. The fourth-order valence-electron chi connectivity index (χ4n) is 1.74. The number of nitrogens with one attached hydrogen (secondary N) is 1. The summed E-state index contributed by atoms with van der Waals surface area (Å²) in [7, 11) is 0.